The van der Waals surface area contributed by atoms with E-state index in [1.165, 1.54) is 6.07 Å². The number of aromatic nitrogens is 1. The van der Waals surface area contributed by atoms with Crippen LogP contribution in [0.25, 0.3) is 11.1 Å². The zero-order valence-corrected chi connectivity index (χ0v) is 9.62. The number of rotatable bonds is 3. The fourth-order valence-corrected chi connectivity index (χ4v) is 1.69. The number of Topliss-reactive ketones (excluding diaryl/α,β-unsaturated/α-hetero) is 1. The molecule has 0 saturated heterocycles. The molecule has 86 valence electrons. The van der Waals surface area contributed by atoms with Crippen LogP contribution in [-0.4, -0.2) is 16.6 Å². The second-order valence-electron chi connectivity index (χ2n) is 3.49. The molecule has 17 heavy (non-hydrogen) atoms. The quantitative estimate of drug-likeness (QED) is 0.617. The maximum atomic E-state index is 13.8. The van der Waals surface area contributed by atoms with Crippen LogP contribution in [0.5, 0.6) is 0 Å². The van der Waals surface area contributed by atoms with Crippen molar-refractivity contribution in [3.63, 3.8) is 0 Å². The van der Waals surface area contributed by atoms with Gasteiger partial charge >= 0.3 is 0 Å². The lowest BCUT2D eigenvalue weighted by Gasteiger charge is -2.04. The molecule has 0 aliphatic carbocycles. The smallest absolute Gasteiger partial charge is 0.177 e. The third-order valence-electron chi connectivity index (χ3n) is 2.40. The minimum atomic E-state index is -0.438. The number of hydrogen-bond donors (Lipinski definition) is 0. The van der Waals surface area contributed by atoms with E-state index in [0.29, 0.717) is 5.56 Å². The summed E-state index contributed by atoms with van der Waals surface area (Å²) in [5, 5.41) is 0. The molecule has 0 aliphatic rings. The Hall–Kier alpha value is -1.74. The van der Waals surface area contributed by atoms with Crippen molar-refractivity contribution in [1.82, 2.24) is 4.98 Å². The minimum Gasteiger partial charge on any atom is -0.293 e. The average molecular weight is 250 g/mol. The summed E-state index contributed by atoms with van der Waals surface area (Å²) >= 11 is 5.42. The number of ketones is 1. The number of halogens is 2. The zero-order valence-electron chi connectivity index (χ0n) is 8.86. The first-order valence-corrected chi connectivity index (χ1v) is 5.55. The van der Waals surface area contributed by atoms with E-state index in [2.05, 4.69) is 4.98 Å². The van der Waals surface area contributed by atoms with Crippen molar-refractivity contribution in [2.75, 3.05) is 5.88 Å². The molecule has 2 aromatic rings. The summed E-state index contributed by atoms with van der Waals surface area (Å²) in [6.07, 6.45) is 3.18. The molecule has 2 rings (SSSR count). The highest BCUT2D eigenvalue weighted by Crippen LogP contribution is 2.23. The first kappa shape index (κ1) is 11.7. The lowest BCUT2D eigenvalue weighted by molar-refractivity contribution is 0.102. The fourth-order valence-electron chi connectivity index (χ4n) is 1.53. The lowest BCUT2D eigenvalue weighted by Crippen LogP contribution is -2.01. The summed E-state index contributed by atoms with van der Waals surface area (Å²) in [7, 11) is 0. The summed E-state index contributed by atoms with van der Waals surface area (Å²) in [4.78, 5) is 15.2. The molecule has 0 atom stereocenters. The van der Waals surface area contributed by atoms with Crippen LogP contribution >= 0.6 is 11.6 Å². The Morgan fingerprint density at radius 2 is 1.94 bits per heavy atom. The van der Waals surface area contributed by atoms with E-state index in [-0.39, 0.29) is 17.2 Å². The topological polar surface area (TPSA) is 30.0 Å². The van der Waals surface area contributed by atoms with Crippen molar-refractivity contribution in [2.45, 2.75) is 0 Å². The molecule has 0 bridgehead atoms. The highest BCUT2D eigenvalue weighted by molar-refractivity contribution is 6.30. The van der Waals surface area contributed by atoms with Gasteiger partial charge in [0.15, 0.2) is 5.78 Å². The second-order valence-corrected chi connectivity index (χ2v) is 3.75. The van der Waals surface area contributed by atoms with Crippen LogP contribution in [0.3, 0.4) is 0 Å². The lowest BCUT2D eigenvalue weighted by atomic mass is 10.0. The first-order chi connectivity index (χ1) is 8.22. The van der Waals surface area contributed by atoms with Gasteiger partial charge in [-0.25, -0.2) is 4.39 Å². The van der Waals surface area contributed by atoms with Crippen molar-refractivity contribution in [1.29, 1.82) is 0 Å². The van der Waals surface area contributed by atoms with E-state index >= 15 is 0 Å². The average Bonchev–Trinajstić information content (AvgIpc) is 2.38. The van der Waals surface area contributed by atoms with Crippen molar-refractivity contribution in [3.05, 3.63) is 54.1 Å². The number of hydrogen-bond acceptors (Lipinski definition) is 2. The van der Waals surface area contributed by atoms with Crippen molar-refractivity contribution in [2.24, 2.45) is 0 Å². The molecule has 1 heterocycles. The molecule has 1 aromatic carbocycles. The van der Waals surface area contributed by atoms with Crippen molar-refractivity contribution >= 4 is 17.4 Å². The molecular formula is C13H9ClFNO. The molecule has 2 nitrogen and oxygen atoms in total. The summed E-state index contributed by atoms with van der Waals surface area (Å²) in [6.45, 7) is 0. The SMILES string of the molecule is O=C(CCl)c1ccc(-c2ccncc2)c(F)c1. The Bertz CT molecular complexity index is 542. The number of nitrogens with zero attached hydrogens (tertiary/aromatic N) is 1. The number of carbonyl (C=O) groups is 1. The van der Waals surface area contributed by atoms with E-state index in [1.54, 1.807) is 36.7 Å². The standard InChI is InChI=1S/C13H9ClFNO/c14-8-13(17)10-1-2-11(12(15)7-10)9-3-5-16-6-4-9/h1-7H,8H2. The van der Waals surface area contributed by atoms with E-state index in [9.17, 15) is 9.18 Å². The normalized spacial score (nSPS) is 10.2. The largest absolute Gasteiger partial charge is 0.293 e. The highest BCUT2D eigenvalue weighted by Gasteiger charge is 2.09. The predicted molar refractivity (Wildman–Crippen MR) is 64.7 cm³/mol. The Labute approximate surface area is 103 Å². The molecule has 0 saturated carbocycles. The van der Waals surface area contributed by atoms with Gasteiger partial charge in [0.1, 0.15) is 5.82 Å². The van der Waals surface area contributed by atoms with Crippen LogP contribution in [0.1, 0.15) is 10.4 Å². The van der Waals surface area contributed by atoms with Gasteiger partial charge in [-0.2, -0.15) is 0 Å². The van der Waals surface area contributed by atoms with E-state index in [4.69, 9.17) is 11.6 Å². The van der Waals surface area contributed by atoms with E-state index < -0.39 is 5.82 Å². The number of benzene rings is 1. The Balaban J connectivity index is 2.42. The second kappa shape index (κ2) is 5.06. The molecule has 0 amide bonds. The van der Waals surface area contributed by atoms with Gasteiger partial charge in [-0.05, 0) is 23.8 Å². The fraction of sp³-hybridized carbons (Fsp3) is 0.0769. The van der Waals surface area contributed by atoms with E-state index in [1.807, 2.05) is 0 Å². The maximum Gasteiger partial charge on any atom is 0.177 e. The van der Waals surface area contributed by atoms with Crippen LogP contribution in [0, 0.1) is 5.82 Å². The third-order valence-corrected chi connectivity index (χ3v) is 2.65. The van der Waals surface area contributed by atoms with Gasteiger partial charge in [-0.15, -0.1) is 11.6 Å². The molecule has 0 N–H and O–H groups in total. The number of pyridine rings is 1. The molecule has 0 radical (unpaired) electrons. The Morgan fingerprint density at radius 3 is 2.53 bits per heavy atom. The predicted octanol–water partition coefficient (Wildman–Crippen LogP) is 3.31. The van der Waals surface area contributed by atoms with E-state index in [0.717, 1.165) is 5.56 Å². The van der Waals surface area contributed by atoms with Gasteiger partial charge in [-0.3, -0.25) is 9.78 Å². The molecule has 4 heteroatoms. The van der Waals surface area contributed by atoms with Crippen molar-refractivity contribution in [3.8, 4) is 11.1 Å². The van der Waals surface area contributed by atoms with Crippen LogP contribution in [0.2, 0.25) is 0 Å². The van der Waals surface area contributed by atoms with Gasteiger partial charge in [0.25, 0.3) is 0 Å². The summed E-state index contributed by atoms with van der Waals surface area (Å²) in [5.74, 6) is -0.868. The van der Waals surface area contributed by atoms with Gasteiger partial charge in [0.05, 0.1) is 5.88 Å². The summed E-state index contributed by atoms with van der Waals surface area (Å²) in [6, 6.07) is 7.78. The van der Waals surface area contributed by atoms with Gasteiger partial charge in [-0.1, -0.05) is 12.1 Å². The van der Waals surface area contributed by atoms with Crippen LogP contribution in [-0.2, 0) is 0 Å². The molecule has 0 aliphatic heterocycles. The molecule has 0 fully saturated rings. The van der Waals surface area contributed by atoms with Gasteiger partial charge < -0.3 is 0 Å². The van der Waals surface area contributed by atoms with Crippen LogP contribution in [0.4, 0.5) is 4.39 Å². The van der Waals surface area contributed by atoms with Crippen LogP contribution < -0.4 is 0 Å². The minimum absolute atomic E-state index is 0.145. The van der Waals surface area contributed by atoms with Crippen molar-refractivity contribution < 1.29 is 9.18 Å². The zero-order chi connectivity index (χ0) is 12.3. The highest BCUT2D eigenvalue weighted by atomic mass is 35.5. The van der Waals surface area contributed by atoms with Gasteiger partial charge in [0.2, 0.25) is 0 Å². The Kier molecular flexibility index (Phi) is 3.49. The van der Waals surface area contributed by atoms with Gasteiger partial charge in [0, 0.05) is 23.5 Å². The molecule has 1 aromatic heterocycles. The molecule has 0 unspecified atom stereocenters. The molecule has 0 spiro atoms. The molecular weight excluding hydrogens is 241 g/mol. The summed E-state index contributed by atoms with van der Waals surface area (Å²) in [5.41, 5.74) is 1.45. The first-order valence-electron chi connectivity index (χ1n) is 5.01. The third kappa shape index (κ3) is 2.50. The number of alkyl halides is 1. The Morgan fingerprint density at radius 1 is 1.24 bits per heavy atom. The number of carbonyl (C=O) groups excluding carboxylic acids is 1. The maximum absolute atomic E-state index is 13.8. The summed E-state index contributed by atoms with van der Waals surface area (Å²) < 4.78 is 13.8. The monoisotopic (exact) mass is 249 g/mol. The van der Waals surface area contributed by atoms with Crippen LogP contribution in [0.15, 0.2) is 42.7 Å².